The summed E-state index contributed by atoms with van der Waals surface area (Å²) in [4.78, 5) is 13.0. The lowest BCUT2D eigenvalue weighted by molar-refractivity contribution is -0.302. The molecule has 1 fully saturated rings. The van der Waals surface area contributed by atoms with Crippen molar-refractivity contribution < 1.29 is 39.8 Å². The molecule has 7 atom stereocenters. The van der Waals surface area contributed by atoms with E-state index in [0.29, 0.717) is 6.42 Å². The molecule has 1 aliphatic rings. The molecule has 0 aliphatic carbocycles. The first-order valence-electron chi connectivity index (χ1n) is 22.8. The molecule has 58 heavy (non-hydrogen) atoms. The molecule has 9 nitrogen and oxygen atoms in total. The number of aliphatic hydroxyl groups excluding tert-OH is 5. The minimum Gasteiger partial charge on any atom is -0.394 e. The Bertz CT molecular complexity index is 1180. The monoisotopic (exact) mass is 814 g/mol. The van der Waals surface area contributed by atoms with Gasteiger partial charge >= 0.3 is 0 Å². The van der Waals surface area contributed by atoms with Crippen molar-refractivity contribution in [1.29, 1.82) is 0 Å². The molecule has 7 unspecified atom stereocenters. The number of carbonyl (C=O) groups is 1. The van der Waals surface area contributed by atoms with Crippen LogP contribution in [0.5, 0.6) is 0 Å². The number of aliphatic hydroxyl groups is 5. The molecule has 1 amide bonds. The molecule has 332 valence electrons. The zero-order valence-corrected chi connectivity index (χ0v) is 36.3. The highest BCUT2D eigenvalue weighted by Crippen LogP contribution is 2.22. The second-order valence-electron chi connectivity index (χ2n) is 15.4. The molecule has 0 aromatic carbocycles. The average molecular weight is 814 g/mol. The van der Waals surface area contributed by atoms with E-state index in [1.165, 1.54) is 51.4 Å². The highest BCUT2D eigenvalue weighted by atomic mass is 16.7. The number of unbranched alkanes of at least 4 members (excludes halogenated alkanes) is 14. The molecule has 0 saturated carbocycles. The van der Waals surface area contributed by atoms with Crippen molar-refractivity contribution >= 4 is 5.91 Å². The minimum atomic E-state index is -1.58. The normalized spacial score (nSPS) is 21.7. The Balaban J connectivity index is 2.38. The molecule has 0 aromatic rings. The fraction of sp³-hybridized carbons (Fsp3) is 0.694. The van der Waals surface area contributed by atoms with E-state index in [2.05, 4.69) is 92.1 Å². The molecule has 0 radical (unpaired) electrons. The lowest BCUT2D eigenvalue weighted by Gasteiger charge is -2.40. The van der Waals surface area contributed by atoms with Crippen LogP contribution in [-0.2, 0) is 14.3 Å². The van der Waals surface area contributed by atoms with Crippen LogP contribution in [0.15, 0.2) is 85.1 Å². The number of hydrogen-bond donors (Lipinski definition) is 6. The summed E-state index contributed by atoms with van der Waals surface area (Å²) in [7, 11) is 0. The summed E-state index contributed by atoms with van der Waals surface area (Å²) in [6, 6.07) is -0.836. The number of carbonyl (C=O) groups excluding carboxylic acids is 1. The molecule has 6 N–H and O–H groups in total. The molecule has 1 aliphatic heterocycles. The van der Waals surface area contributed by atoms with Gasteiger partial charge in [0, 0.05) is 6.42 Å². The van der Waals surface area contributed by atoms with Gasteiger partial charge < -0.3 is 40.3 Å². The Morgan fingerprint density at radius 3 is 1.66 bits per heavy atom. The van der Waals surface area contributed by atoms with E-state index < -0.39 is 49.5 Å². The van der Waals surface area contributed by atoms with E-state index in [-0.39, 0.29) is 12.5 Å². The molecule has 1 saturated heterocycles. The smallest absolute Gasteiger partial charge is 0.220 e. The van der Waals surface area contributed by atoms with Gasteiger partial charge in [-0.25, -0.2) is 0 Å². The number of allylic oxidation sites excluding steroid dienone is 13. The third kappa shape index (κ3) is 28.7. The van der Waals surface area contributed by atoms with Crippen LogP contribution in [-0.4, -0.2) is 87.5 Å². The molecular formula is C49H83NO8. The van der Waals surface area contributed by atoms with Gasteiger partial charge in [-0.3, -0.25) is 4.79 Å². The van der Waals surface area contributed by atoms with E-state index in [9.17, 15) is 30.3 Å². The summed E-state index contributed by atoms with van der Waals surface area (Å²) in [6.45, 7) is 3.59. The summed E-state index contributed by atoms with van der Waals surface area (Å²) in [5, 5.41) is 54.1. The highest BCUT2D eigenvalue weighted by Gasteiger charge is 2.44. The standard InChI is InChI=1S/C49H83NO8/c1-3-5-7-9-11-13-15-17-19-20-21-22-23-24-25-27-29-31-33-35-37-39-45(53)50-42(41-57-49-48(56)47(55)46(54)44(40-51)58-49)43(52)38-36-34-32-30-28-26-18-16-14-12-10-8-6-4-2/h5,7,11,13-14,16-17,19,21-22,28,30,36,38,42-44,46-49,51-52,54-56H,3-4,6,8-10,12,15,18,20,23-27,29,31-35,37,39-41H2,1-2H3,(H,50,53)/b7-5-,13-11-,16-14+,19-17-,22-21-,30-28+,38-36+. The maximum Gasteiger partial charge on any atom is 0.220 e. The van der Waals surface area contributed by atoms with Gasteiger partial charge in [0.1, 0.15) is 24.4 Å². The van der Waals surface area contributed by atoms with Crippen LogP contribution in [0.2, 0.25) is 0 Å². The van der Waals surface area contributed by atoms with Crippen molar-refractivity contribution in [2.45, 2.75) is 204 Å². The third-order valence-corrected chi connectivity index (χ3v) is 10.2. The molecular weight excluding hydrogens is 731 g/mol. The van der Waals surface area contributed by atoms with Gasteiger partial charge in [-0.15, -0.1) is 0 Å². The highest BCUT2D eigenvalue weighted by molar-refractivity contribution is 5.76. The summed E-state index contributed by atoms with van der Waals surface area (Å²) >= 11 is 0. The van der Waals surface area contributed by atoms with E-state index in [0.717, 1.165) is 89.9 Å². The Labute approximate surface area is 352 Å². The van der Waals surface area contributed by atoms with Crippen LogP contribution in [0.4, 0.5) is 0 Å². The number of nitrogens with one attached hydrogen (secondary N) is 1. The third-order valence-electron chi connectivity index (χ3n) is 10.2. The topological polar surface area (TPSA) is 149 Å². The average Bonchev–Trinajstić information content (AvgIpc) is 3.22. The van der Waals surface area contributed by atoms with Crippen molar-refractivity contribution in [2.75, 3.05) is 13.2 Å². The second kappa shape index (κ2) is 38.6. The van der Waals surface area contributed by atoms with Gasteiger partial charge in [0.05, 0.1) is 25.4 Å². The minimum absolute atomic E-state index is 0.205. The molecule has 1 heterocycles. The van der Waals surface area contributed by atoms with Gasteiger partial charge in [0.15, 0.2) is 6.29 Å². The predicted octanol–water partition coefficient (Wildman–Crippen LogP) is 9.55. The number of amides is 1. The van der Waals surface area contributed by atoms with Crippen LogP contribution in [0.25, 0.3) is 0 Å². The van der Waals surface area contributed by atoms with E-state index in [1.54, 1.807) is 6.08 Å². The van der Waals surface area contributed by atoms with Gasteiger partial charge in [0.2, 0.25) is 5.91 Å². The predicted molar refractivity (Wildman–Crippen MR) is 239 cm³/mol. The maximum absolute atomic E-state index is 13.0. The van der Waals surface area contributed by atoms with Gasteiger partial charge in [0.25, 0.3) is 0 Å². The molecule has 0 spiro atoms. The van der Waals surface area contributed by atoms with Crippen LogP contribution >= 0.6 is 0 Å². The molecule has 0 aromatic heterocycles. The second-order valence-corrected chi connectivity index (χ2v) is 15.4. The van der Waals surface area contributed by atoms with E-state index in [4.69, 9.17) is 9.47 Å². The number of rotatable bonds is 36. The van der Waals surface area contributed by atoms with E-state index in [1.807, 2.05) is 6.08 Å². The molecule has 0 bridgehead atoms. The zero-order valence-electron chi connectivity index (χ0n) is 36.3. The lowest BCUT2D eigenvalue weighted by Crippen LogP contribution is -2.60. The molecule has 1 rings (SSSR count). The maximum atomic E-state index is 13.0. The van der Waals surface area contributed by atoms with Crippen molar-refractivity contribution in [2.24, 2.45) is 0 Å². The van der Waals surface area contributed by atoms with Crippen LogP contribution in [0.1, 0.15) is 162 Å². The zero-order chi connectivity index (χ0) is 42.3. The van der Waals surface area contributed by atoms with Gasteiger partial charge in [-0.05, 0) is 83.5 Å². The Kier molecular flexibility index (Phi) is 35.5. The van der Waals surface area contributed by atoms with E-state index >= 15 is 0 Å². The Morgan fingerprint density at radius 2 is 1.09 bits per heavy atom. The first-order valence-corrected chi connectivity index (χ1v) is 22.8. The van der Waals surface area contributed by atoms with Crippen LogP contribution in [0.3, 0.4) is 0 Å². The fourth-order valence-corrected chi connectivity index (χ4v) is 6.53. The SMILES string of the molecule is CC/C=C\C/C=C\C/C=C\C/C=C\CCCCCCCCCCC(=O)NC(COC1OC(CO)C(O)C(O)C1O)C(O)/C=C/CC/C=C/CC/C=C/CCCCCC. The first-order chi connectivity index (χ1) is 28.3. The van der Waals surface area contributed by atoms with Crippen LogP contribution < -0.4 is 5.32 Å². The first kappa shape index (κ1) is 53.4. The van der Waals surface area contributed by atoms with Gasteiger partial charge in [-0.2, -0.15) is 0 Å². The quantitative estimate of drug-likeness (QED) is 0.0271. The fourth-order valence-electron chi connectivity index (χ4n) is 6.53. The lowest BCUT2D eigenvalue weighted by atomic mass is 9.99. The van der Waals surface area contributed by atoms with Crippen molar-refractivity contribution in [3.05, 3.63) is 85.1 Å². The number of ether oxygens (including phenoxy) is 2. The Morgan fingerprint density at radius 1 is 0.603 bits per heavy atom. The largest absolute Gasteiger partial charge is 0.394 e. The van der Waals surface area contributed by atoms with Crippen molar-refractivity contribution in [3.8, 4) is 0 Å². The Hall–Kier alpha value is -2.63. The van der Waals surface area contributed by atoms with Crippen molar-refractivity contribution in [1.82, 2.24) is 5.32 Å². The van der Waals surface area contributed by atoms with Crippen LogP contribution in [0, 0.1) is 0 Å². The number of hydrogen-bond acceptors (Lipinski definition) is 8. The summed E-state index contributed by atoms with van der Waals surface area (Å²) in [6.07, 6.45) is 46.2. The summed E-state index contributed by atoms with van der Waals surface area (Å²) in [5.41, 5.74) is 0. The summed E-state index contributed by atoms with van der Waals surface area (Å²) in [5.74, 6) is -0.205. The summed E-state index contributed by atoms with van der Waals surface area (Å²) < 4.78 is 11.2. The molecule has 9 heteroatoms. The van der Waals surface area contributed by atoms with Crippen molar-refractivity contribution in [3.63, 3.8) is 0 Å². The van der Waals surface area contributed by atoms with Gasteiger partial charge in [-0.1, -0.05) is 157 Å².